The van der Waals surface area contributed by atoms with Crippen LogP contribution in [0.4, 0.5) is 0 Å². The van der Waals surface area contributed by atoms with Gasteiger partial charge < -0.3 is 15.6 Å². The number of aliphatic hydroxyl groups excluding tert-OH is 1. The molecule has 0 saturated heterocycles. The summed E-state index contributed by atoms with van der Waals surface area (Å²) in [6, 6.07) is 4.80. The first-order chi connectivity index (χ1) is 7.52. The van der Waals surface area contributed by atoms with Crippen molar-refractivity contribution in [2.75, 3.05) is 0 Å². The van der Waals surface area contributed by atoms with Crippen molar-refractivity contribution in [2.24, 2.45) is 5.73 Å². The van der Waals surface area contributed by atoms with Gasteiger partial charge in [0.1, 0.15) is 0 Å². The molecule has 1 aromatic carbocycles. The SMILES string of the molecule is NC1=C(O)C(=O)C(c2cccc(Cl)c2Cl)O1. The van der Waals surface area contributed by atoms with Crippen molar-refractivity contribution in [1.82, 2.24) is 0 Å². The normalized spacial score (nSPS) is 20.1. The van der Waals surface area contributed by atoms with Gasteiger partial charge in [0.2, 0.25) is 17.4 Å². The second kappa shape index (κ2) is 3.88. The van der Waals surface area contributed by atoms with Gasteiger partial charge in [0.25, 0.3) is 0 Å². The number of carbonyl (C=O) groups is 1. The maximum absolute atomic E-state index is 11.6. The highest BCUT2D eigenvalue weighted by Gasteiger charge is 2.36. The molecule has 3 N–H and O–H groups in total. The molecule has 0 amide bonds. The van der Waals surface area contributed by atoms with Crippen LogP contribution in [0.5, 0.6) is 0 Å². The topological polar surface area (TPSA) is 72.5 Å². The highest BCUT2D eigenvalue weighted by Crippen LogP contribution is 2.36. The Hall–Kier alpha value is -1.39. The lowest BCUT2D eigenvalue weighted by Gasteiger charge is -2.12. The Morgan fingerprint density at radius 3 is 2.62 bits per heavy atom. The maximum Gasteiger partial charge on any atom is 0.247 e. The molecule has 1 unspecified atom stereocenters. The smallest absolute Gasteiger partial charge is 0.247 e. The molecule has 0 fully saturated rings. The van der Waals surface area contributed by atoms with Crippen LogP contribution >= 0.6 is 23.2 Å². The van der Waals surface area contributed by atoms with E-state index in [1.807, 2.05) is 0 Å². The summed E-state index contributed by atoms with van der Waals surface area (Å²) in [5, 5.41) is 9.78. The van der Waals surface area contributed by atoms with Crippen LogP contribution < -0.4 is 5.73 Å². The fourth-order valence-corrected chi connectivity index (χ4v) is 1.82. The summed E-state index contributed by atoms with van der Waals surface area (Å²) in [7, 11) is 0. The highest BCUT2D eigenvalue weighted by molar-refractivity contribution is 6.42. The molecular formula is C10H7Cl2NO3. The summed E-state index contributed by atoms with van der Waals surface area (Å²) in [5.41, 5.74) is 5.68. The summed E-state index contributed by atoms with van der Waals surface area (Å²) in [6.45, 7) is 0. The molecule has 16 heavy (non-hydrogen) atoms. The van der Waals surface area contributed by atoms with Gasteiger partial charge in [-0.3, -0.25) is 4.79 Å². The van der Waals surface area contributed by atoms with Crippen molar-refractivity contribution in [1.29, 1.82) is 0 Å². The van der Waals surface area contributed by atoms with Crippen LogP contribution in [0, 0.1) is 0 Å². The molecule has 6 heteroatoms. The number of rotatable bonds is 1. The molecule has 0 aliphatic carbocycles. The molecule has 0 radical (unpaired) electrons. The number of aliphatic hydroxyl groups is 1. The highest BCUT2D eigenvalue weighted by atomic mass is 35.5. The summed E-state index contributed by atoms with van der Waals surface area (Å²) in [5.74, 6) is -1.51. The van der Waals surface area contributed by atoms with E-state index < -0.39 is 17.6 Å². The zero-order valence-corrected chi connectivity index (χ0v) is 9.42. The molecule has 1 heterocycles. The third kappa shape index (κ3) is 1.60. The number of benzene rings is 1. The molecule has 0 saturated carbocycles. The molecule has 0 aromatic heterocycles. The Balaban J connectivity index is 2.42. The summed E-state index contributed by atoms with van der Waals surface area (Å²) < 4.78 is 5.02. The number of ether oxygens (including phenoxy) is 1. The van der Waals surface area contributed by atoms with E-state index in [2.05, 4.69) is 0 Å². The van der Waals surface area contributed by atoms with E-state index in [9.17, 15) is 9.90 Å². The molecule has 0 bridgehead atoms. The van der Waals surface area contributed by atoms with Gasteiger partial charge in [-0.2, -0.15) is 0 Å². The second-order valence-corrected chi connectivity index (χ2v) is 4.00. The van der Waals surface area contributed by atoms with Crippen molar-refractivity contribution in [2.45, 2.75) is 6.10 Å². The fourth-order valence-electron chi connectivity index (χ4n) is 1.41. The third-order valence-corrected chi connectivity index (χ3v) is 3.05. The average Bonchev–Trinajstić information content (AvgIpc) is 2.50. The van der Waals surface area contributed by atoms with Crippen LogP contribution in [0.1, 0.15) is 11.7 Å². The molecule has 1 aromatic rings. The van der Waals surface area contributed by atoms with Gasteiger partial charge in [-0.1, -0.05) is 35.3 Å². The van der Waals surface area contributed by atoms with E-state index in [-0.39, 0.29) is 10.9 Å². The molecule has 2 rings (SSSR count). The quantitative estimate of drug-likeness (QED) is 0.812. The monoisotopic (exact) mass is 259 g/mol. The number of hydrogen-bond donors (Lipinski definition) is 2. The summed E-state index contributed by atoms with van der Waals surface area (Å²) >= 11 is 11.7. The first-order valence-electron chi connectivity index (χ1n) is 4.36. The van der Waals surface area contributed by atoms with Gasteiger partial charge in [-0.15, -0.1) is 0 Å². The molecular weight excluding hydrogens is 253 g/mol. The minimum atomic E-state index is -1.02. The largest absolute Gasteiger partial charge is 0.501 e. The van der Waals surface area contributed by atoms with Crippen LogP contribution in [0.25, 0.3) is 0 Å². The lowest BCUT2D eigenvalue weighted by Crippen LogP contribution is -2.10. The predicted molar refractivity (Wildman–Crippen MR) is 59.1 cm³/mol. The fraction of sp³-hybridized carbons (Fsp3) is 0.100. The van der Waals surface area contributed by atoms with Crippen LogP contribution in [0.3, 0.4) is 0 Å². The molecule has 1 aliphatic rings. The van der Waals surface area contributed by atoms with E-state index >= 15 is 0 Å². The standard InChI is InChI=1S/C10H7Cl2NO3/c11-5-3-1-2-4(6(5)12)9-7(14)8(15)10(13)16-9/h1-3,9,15H,13H2. The first-order valence-corrected chi connectivity index (χ1v) is 5.11. The Morgan fingerprint density at radius 2 is 2.06 bits per heavy atom. The molecule has 1 atom stereocenters. The van der Waals surface area contributed by atoms with Crippen molar-refractivity contribution in [3.8, 4) is 0 Å². The first kappa shape index (κ1) is 11.1. The van der Waals surface area contributed by atoms with Gasteiger partial charge in [-0.25, -0.2) is 0 Å². The van der Waals surface area contributed by atoms with Crippen LogP contribution in [0.15, 0.2) is 29.8 Å². The van der Waals surface area contributed by atoms with E-state index in [1.165, 1.54) is 0 Å². The lowest BCUT2D eigenvalue weighted by molar-refractivity contribution is -0.123. The lowest BCUT2D eigenvalue weighted by atomic mass is 10.1. The number of nitrogens with two attached hydrogens (primary N) is 1. The molecule has 1 aliphatic heterocycles. The number of halogens is 2. The van der Waals surface area contributed by atoms with Gasteiger partial charge >= 0.3 is 0 Å². The molecule has 4 nitrogen and oxygen atoms in total. The second-order valence-electron chi connectivity index (χ2n) is 3.22. The Kier molecular flexibility index (Phi) is 2.69. The van der Waals surface area contributed by atoms with E-state index in [1.54, 1.807) is 18.2 Å². The van der Waals surface area contributed by atoms with Crippen LogP contribution in [-0.2, 0) is 9.53 Å². The number of hydrogen-bond acceptors (Lipinski definition) is 4. The van der Waals surface area contributed by atoms with Gasteiger partial charge in [0.15, 0.2) is 6.10 Å². The zero-order chi connectivity index (χ0) is 11.9. The number of ketones is 1. The van der Waals surface area contributed by atoms with Crippen molar-refractivity contribution >= 4 is 29.0 Å². The molecule has 84 valence electrons. The Bertz CT molecular complexity index is 499. The summed E-state index contributed by atoms with van der Waals surface area (Å²) in [4.78, 5) is 11.6. The average molecular weight is 260 g/mol. The van der Waals surface area contributed by atoms with Crippen LogP contribution in [0.2, 0.25) is 10.0 Å². The predicted octanol–water partition coefficient (Wildman–Crippen LogP) is 2.32. The van der Waals surface area contributed by atoms with E-state index in [0.29, 0.717) is 10.6 Å². The van der Waals surface area contributed by atoms with Gasteiger partial charge in [0.05, 0.1) is 10.0 Å². The zero-order valence-electron chi connectivity index (χ0n) is 7.91. The maximum atomic E-state index is 11.6. The Morgan fingerprint density at radius 1 is 1.38 bits per heavy atom. The van der Waals surface area contributed by atoms with E-state index in [0.717, 1.165) is 0 Å². The van der Waals surface area contributed by atoms with Gasteiger partial charge in [-0.05, 0) is 6.07 Å². The van der Waals surface area contributed by atoms with Crippen molar-refractivity contribution < 1.29 is 14.6 Å². The minimum Gasteiger partial charge on any atom is -0.501 e. The third-order valence-electron chi connectivity index (χ3n) is 2.21. The number of carbonyl (C=O) groups excluding carboxylic acids is 1. The van der Waals surface area contributed by atoms with Gasteiger partial charge in [0, 0.05) is 5.56 Å². The number of Topliss-reactive ketones (excluding diaryl/α,β-unsaturated/α-hetero) is 1. The minimum absolute atomic E-state index is 0.213. The van der Waals surface area contributed by atoms with Crippen molar-refractivity contribution in [3.63, 3.8) is 0 Å². The Labute approximate surface area is 101 Å². The molecule has 0 spiro atoms. The van der Waals surface area contributed by atoms with E-state index in [4.69, 9.17) is 33.7 Å². The van der Waals surface area contributed by atoms with Crippen molar-refractivity contribution in [3.05, 3.63) is 45.5 Å². The summed E-state index contributed by atoms with van der Waals surface area (Å²) in [6.07, 6.45) is -1.02. The van der Waals surface area contributed by atoms with Crippen LogP contribution in [-0.4, -0.2) is 10.9 Å².